The van der Waals surface area contributed by atoms with Crippen LogP contribution in [0.4, 0.5) is 0 Å². The van der Waals surface area contributed by atoms with Crippen LogP contribution in [0.1, 0.15) is 52.0 Å². The topological polar surface area (TPSA) is 36.9 Å². The van der Waals surface area contributed by atoms with Gasteiger partial charge in [0.1, 0.15) is 6.10 Å². The van der Waals surface area contributed by atoms with Crippen LogP contribution in [0.2, 0.25) is 5.02 Å². The predicted octanol–water partition coefficient (Wildman–Crippen LogP) is 4.94. The summed E-state index contributed by atoms with van der Waals surface area (Å²) in [5.74, 6) is 7.36. The van der Waals surface area contributed by atoms with Gasteiger partial charge in [-0.3, -0.25) is 0 Å². The first-order chi connectivity index (χ1) is 13.4. The van der Waals surface area contributed by atoms with Crippen LogP contribution in [0.25, 0.3) is 0 Å². The molecule has 5 heteroatoms. The van der Waals surface area contributed by atoms with E-state index in [0.717, 1.165) is 24.8 Å². The van der Waals surface area contributed by atoms with E-state index in [1.54, 1.807) is 0 Å². The van der Waals surface area contributed by atoms with Crippen LogP contribution in [0, 0.1) is 35.5 Å². The molecule has 6 rings (SSSR count). The lowest BCUT2D eigenvalue weighted by molar-refractivity contribution is -0.569. The van der Waals surface area contributed by atoms with Crippen LogP contribution >= 0.6 is 11.6 Å². The molecule has 8 atom stereocenters. The molecule has 4 heterocycles. The van der Waals surface area contributed by atoms with Crippen molar-refractivity contribution in [2.75, 3.05) is 0 Å². The Morgan fingerprint density at radius 2 is 1.82 bits per heavy atom. The zero-order valence-corrected chi connectivity index (χ0v) is 17.4. The molecule has 1 aliphatic carbocycles. The summed E-state index contributed by atoms with van der Waals surface area (Å²) in [6.07, 6.45) is 3.52. The van der Waals surface area contributed by atoms with Crippen molar-refractivity contribution in [3.63, 3.8) is 0 Å². The van der Waals surface area contributed by atoms with Crippen molar-refractivity contribution < 1.29 is 19.2 Å². The van der Waals surface area contributed by atoms with Crippen LogP contribution in [-0.2, 0) is 19.2 Å². The van der Waals surface area contributed by atoms with Crippen LogP contribution in [-0.4, -0.2) is 23.8 Å². The van der Waals surface area contributed by atoms with Gasteiger partial charge in [0.25, 0.3) is 0 Å². The number of hydrogen-bond acceptors (Lipinski definition) is 4. The summed E-state index contributed by atoms with van der Waals surface area (Å²) in [6, 6.07) is 7.59. The van der Waals surface area contributed by atoms with Crippen LogP contribution in [0.15, 0.2) is 24.3 Å². The molecule has 5 fully saturated rings. The maximum absolute atomic E-state index is 6.48. The van der Waals surface area contributed by atoms with Crippen LogP contribution in [0.3, 0.4) is 0 Å². The van der Waals surface area contributed by atoms with Gasteiger partial charge in [-0.1, -0.05) is 37.3 Å². The van der Waals surface area contributed by atoms with Crippen molar-refractivity contribution in [2.45, 2.75) is 70.2 Å². The summed E-state index contributed by atoms with van der Waals surface area (Å²) in [5.41, 5.74) is 0.413. The number of fused-ring (bicyclic) bond motifs is 2. The maximum atomic E-state index is 6.48. The van der Waals surface area contributed by atoms with Crippen molar-refractivity contribution in [1.29, 1.82) is 0 Å². The third kappa shape index (κ3) is 2.83. The number of benzene rings is 1. The second-order valence-electron chi connectivity index (χ2n) is 9.10. The molecule has 0 radical (unpaired) electrons. The molecule has 0 aromatic heterocycles. The molecule has 2 bridgehead atoms. The highest BCUT2D eigenvalue weighted by atomic mass is 35.5. The molecule has 1 spiro atoms. The van der Waals surface area contributed by atoms with E-state index in [4.69, 9.17) is 30.8 Å². The SMILES string of the molecule is C[C@H]1[C@@H](C#Cc2ccc(Cl)cc2)O[C@@H]2OC3(C)CC[C@H]4[C@H](C)CC[C@@H]1[C@@]24OO3. The quantitative estimate of drug-likeness (QED) is 0.455. The molecule has 4 aliphatic heterocycles. The van der Waals surface area contributed by atoms with E-state index in [9.17, 15) is 0 Å². The monoisotopic (exact) mass is 402 g/mol. The van der Waals surface area contributed by atoms with E-state index in [0.29, 0.717) is 22.8 Å². The number of ether oxygens (including phenoxy) is 2. The highest BCUT2D eigenvalue weighted by Crippen LogP contribution is 2.60. The lowest BCUT2D eigenvalue weighted by Gasteiger charge is -2.59. The Kier molecular flexibility index (Phi) is 4.54. The van der Waals surface area contributed by atoms with Gasteiger partial charge < -0.3 is 9.47 Å². The Morgan fingerprint density at radius 3 is 2.61 bits per heavy atom. The highest BCUT2D eigenvalue weighted by molar-refractivity contribution is 6.30. The molecule has 0 amide bonds. The van der Waals surface area contributed by atoms with Gasteiger partial charge in [0, 0.05) is 22.9 Å². The fourth-order valence-electron chi connectivity index (χ4n) is 5.76. The molecular formula is C23H27ClO4. The van der Waals surface area contributed by atoms with Gasteiger partial charge in [-0.2, -0.15) is 0 Å². The molecule has 28 heavy (non-hydrogen) atoms. The van der Waals surface area contributed by atoms with Gasteiger partial charge in [0.2, 0.25) is 5.79 Å². The second-order valence-corrected chi connectivity index (χ2v) is 9.54. The summed E-state index contributed by atoms with van der Waals surface area (Å²) in [5, 5.41) is 0.713. The molecule has 5 aliphatic rings. The number of hydrogen-bond donors (Lipinski definition) is 0. The zero-order chi connectivity index (χ0) is 19.5. The first-order valence-corrected chi connectivity index (χ1v) is 10.8. The average molecular weight is 403 g/mol. The normalized spacial score (nSPS) is 46.9. The van der Waals surface area contributed by atoms with Gasteiger partial charge in [0.05, 0.1) is 0 Å². The molecule has 150 valence electrons. The smallest absolute Gasteiger partial charge is 0.201 e. The first-order valence-electron chi connectivity index (χ1n) is 10.4. The van der Waals surface area contributed by atoms with Crippen molar-refractivity contribution in [2.24, 2.45) is 23.7 Å². The Hall–Kier alpha value is -1.09. The van der Waals surface area contributed by atoms with Gasteiger partial charge >= 0.3 is 0 Å². The fraction of sp³-hybridized carbons (Fsp3) is 0.652. The maximum Gasteiger partial charge on any atom is 0.201 e. The van der Waals surface area contributed by atoms with E-state index in [-0.39, 0.29) is 12.0 Å². The molecular weight excluding hydrogens is 376 g/mol. The molecule has 1 unspecified atom stereocenters. The average Bonchev–Trinajstić information content (AvgIpc) is 2.91. The summed E-state index contributed by atoms with van der Waals surface area (Å²) < 4.78 is 12.8. The Morgan fingerprint density at radius 1 is 1.04 bits per heavy atom. The Balaban J connectivity index is 1.49. The Labute approximate surface area is 171 Å². The molecule has 4 saturated heterocycles. The lowest BCUT2D eigenvalue weighted by atomic mass is 9.57. The minimum Gasteiger partial charge on any atom is -0.333 e. The molecule has 1 saturated carbocycles. The largest absolute Gasteiger partial charge is 0.333 e. The van der Waals surface area contributed by atoms with Crippen molar-refractivity contribution in [3.05, 3.63) is 34.9 Å². The fourth-order valence-corrected chi connectivity index (χ4v) is 5.88. The Bertz CT molecular complexity index is 814. The van der Waals surface area contributed by atoms with Gasteiger partial charge in [0.15, 0.2) is 11.9 Å². The number of rotatable bonds is 0. The number of halogens is 1. The van der Waals surface area contributed by atoms with Crippen molar-refractivity contribution in [1.82, 2.24) is 0 Å². The minimum atomic E-state index is -0.744. The zero-order valence-electron chi connectivity index (χ0n) is 16.6. The predicted molar refractivity (Wildman–Crippen MR) is 105 cm³/mol. The van der Waals surface area contributed by atoms with Gasteiger partial charge in [-0.05, 0) is 68.2 Å². The summed E-state index contributed by atoms with van der Waals surface area (Å²) in [4.78, 5) is 12.0. The molecule has 0 N–H and O–H groups in total. The summed E-state index contributed by atoms with van der Waals surface area (Å²) in [7, 11) is 0. The van der Waals surface area contributed by atoms with Crippen molar-refractivity contribution in [3.8, 4) is 11.8 Å². The lowest BCUT2D eigenvalue weighted by Crippen LogP contribution is -2.70. The van der Waals surface area contributed by atoms with Crippen LogP contribution < -0.4 is 0 Å². The molecule has 1 aromatic rings. The summed E-state index contributed by atoms with van der Waals surface area (Å²) >= 11 is 5.98. The van der Waals surface area contributed by atoms with Crippen molar-refractivity contribution >= 4 is 11.6 Å². The van der Waals surface area contributed by atoms with Crippen LogP contribution in [0.5, 0.6) is 0 Å². The van der Waals surface area contributed by atoms with Gasteiger partial charge in [-0.25, -0.2) is 9.78 Å². The standard InChI is InChI=1S/C23H27ClO4/c1-14-4-10-19-15(2)20(11-7-16-5-8-17(24)9-6-16)25-21-23(19)18(14)12-13-22(3,26-21)27-28-23/h5-6,8-9,14-15,18-21H,4,10,12-13H2,1-3H3/t14-,15-,18+,19+,20-,21-,22?,23-/m1/s1. The van der Waals surface area contributed by atoms with Gasteiger partial charge in [-0.15, -0.1) is 0 Å². The highest BCUT2D eigenvalue weighted by Gasteiger charge is 2.69. The van der Waals surface area contributed by atoms with E-state index in [1.807, 2.05) is 31.2 Å². The molecule has 4 nitrogen and oxygen atoms in total. The van der Waals surface area contributed by atoms with E-state index < -0.39 is 17.7 Å². The van der Waals surface area contributed by atoms with E-state index in [1.165, 1.54) is 6.42 Å². The first kappa shape index (κ1) is 18.9. The molecule has 1 aromatic carbocycles. The third-order valence-corrected chi connectivity index (χ3v) is 7.61. The van der Waals surface area contributed by atoms with E-state index in [2.05, 4.69) is 25.7 Å². The van der Waals surface area contributed by atoms with E-state index >= 15 is 0 Å². The minimum absolute atomic E-state index is 0.197. The summed E-state index contributed by atoms with van der Waals surface area (Å²) in [6.45, 7) is 6.51. The second kappa shape index (κ2) is 6.72. The third-order valence-electron chi connectivity index (χ3n) is 7.36.